The topological polar surface area (TPSA) is 232 Å². The van der Waals surface area contributed by atoms with Crippen LogP contribution in [0.5, 0.6) is 5.75 Å². The fourth-order valence-electron chi connectivity index (χ4n) is 2.43. The van der Waals surface area contributed by atoms with E-state index in [4.69, 9.17) is 10.8 Å². The molecule has 0 bridgehead atoms. The highest BCUT2D eigenvalue weighted by molar-refractivity contribution is 7.88. The Balaban J connectivity index is 1.71. The smallest absolute Gasteiger partial charge is 0.361 e. The number of aromatic amines is 1. The van der Waals surface area contributed by atoms with E-state index in [0.29, 0.717) is 16.0 Å². The highest BCUT2D eigenvalue weighted by atomic mass is 32.2. The molecule has 2 aliphatic heterocycles. The largest absolute Gasteiger partial charge is 0.503 e. The zero-order valence-electron chi connectivity index (χ0n) is 14.7. The van der Waals surface area contributed by atoms with Crippen molar-refractivity contribution in [1.29, 1.82) is 0 Å². The van der Waals surface area contributed by atoms with E-state index in [1.54, 1.807) is 0 Å². The average molecular weight is 443 g/mol. The van der Waals surface area contributed by atoms with Crippen molar-refractivity contribution in [3.8, 4) is 5.75 Å². The number of hydrogen-bond donors (Lipinski definition) is 5. The molecule has 16 nitrogen and oxygen atoms in total. The monoisotopic (exact) mass is 443 g/mol. The third kappa shape index (κ3) is 3.53. The molecule has 17 heteroatoms. The summed E-state index contributed by atoms with van der Waals surface area (Å²) in [7, 11) is -5.05. The van der Waals surface area contributed by atoms with E-state index >= 15 is 0 Å². The molecular formula is C13H13N7O9S. The molecule has 2 aliphatic rings. The number of nitrogens with zero attached hydrogens (tertiary/aromatic N) is 3. The number of amides is 7. The fraction of sp³-hybridized carbons (Fsp3) is 0.231. The molecule has 2 fully saturated rings. The number of aromatic nitrogens is 1. The van der Waals surface area contributed by atoms with E-state index < -0.39 is 69.5 Å². The van der Waals surface area contributed by atoms with Crippen molar-refractivity contribution in [3.05, 3.63) is 28.2 Å². The molecule has 6 N–H and O–H groups in total. The van der Waals surface area contributed by atoms with Gasteiger partial charge in [-0.05, 0) is 0 Å². The maximum Gasteiger partial charge on any atom is 0.361 e. The Morgan fingerprint density at radius 3 is 2.47 bits per heavy atom. The lowest BCUT2D eigenvalue weighted by Crippen LogP contribution is -2.66. The molecule has 0 aliphatic carbocycles. The van der Waals surface area contributed by atoms with Crippen LogP contribution in [-0.2, 0) is 19.8 Å². The van der Waals surface area contributed by atoms with Gasteiger partial charge < -0.3 is 15.8 Å². The number of likely N-dealkylation sites (tertiary alicyclic amines) is 1. The number of nitrogens with one attached hydrogen (secondary N) is 3. The van der Waals surface area contributed by atoms with Gasteiger partial charge in [0.2, 0.25) is 11.3 Å². The summed E-state index contributed by atoms with van der Waals surface area (Å²) < 4.78 is 25.6. The number of nitrogens with two attached hydrogens (primary N) is 1. The number of carbonyl (C=O) groups is 5. The van der Waals surface area contributed by atoms with Crippen LogP contribution < -0.4 is 21.3 Å². The quantitative estimate of drug-likeness (QED) is 0.224. The highest BCUT2D eigenvalue weighted by Gasteiger charge is 2.47. The second kappa shape index (κ2) is 7.12. The highest BCUT2D eigenvalue weighted by Crippen LogP contribution is 2.14. The summed E-state index contributed by atoms with van der Waals surface area (Å²) in [6, 6.07) is -3.20. The molecule has 0 unspecified atom stereocenters. The van der Waals surface area contributed by atoms with Crippen molar-refractivity contribution >= 4 is 40.0 Å². The number of hydrogen-bond acceptors (Lipinski definition) is 10. The van der Waals surface area contributed by atoms with Crippen molar-refractivity contribution in [2.75, 3.05) is 13.1 Å². The summed E-state index contributed by atoms with van der Waals surface area (Å²) in [5.74, 6) is -3.93. The van der Waals surface area contributed by atoms with Crippen LogP contribution >= 0.6 is 0 Å². The number of β-lactam (4-membered cyclic amide) rings is 1. The van der Waals surface area contributed by atoms with Crippen LogP contribution in [0.3, 0.4) is 0 Å². The van der Waals surface area contributed by atoms with E-state index in [9.17, 15) is 37.2 Å². The number of pyridine rings is 1. The molecule has 1 aromatic rings. The second-order valence-corrected chi connectivity index (χ2v) is 7.55. The number of hydrazine groups is 1. The molecule has 30 heavy (non-hydrogen) atoms. The molecule has 0 aromatic carbocycles. The predicted molar refractivity (Wildman–Crippen MR) is 92.3 cm³/mol. The van der Waals surface area contributed by atoms with Gasteiger partial charge in [-0.25, -0.2) is 19.3 Å². The minimum atomic E-state index is -5.05. The Labute approximate surface area is 166 Å². The minimum Gasteiger partial charge on any atom is -0.503 e. The first-order valence-electron chi connectivity index (χ1n) is 7.93. The number of H-pyrrole nitrogens is 1. The molecule has 3 rings (SSSR count). The van der Waals surface area contributed by atoms with Crippen LogP contribution in [0, 0.1) is 0 Å². The number of carbonyl (C=O) groups excluding carboxylic acids is 5. The van der Waals surface area contributed by atoms with Crippen molar-refractivity contribution in [2.24, 2.45) is 5.73 Å². The summed E-state index contributed by atoms with van der Waals surface area (Å²) >= 11 is 0. The van der Waals surface area contributed by atoms with Gasteiger partial charge in [0.05, 0.1) is 6.54 Å². The van der Waals surface area contributed by atoms with Crippen LogP contribution in [0.4, 0.5) is 9.59 Å². The Morgan fingerprint density at radius 1 is 1.23 bits per heavy atom. The maximum absolute atomic E-state index is 12.3. The Kier molecular flexibility index (Phi) is 4.92. The van der Waals surface area contributed by atoms with Gasteiger partial charge in [0.1, 0.15) is 18.3 Å². The summed E-state index contributed by atoms with van der Waals surface area (Å²) in [5.41, 5.74) is 5.89. The predicted octanol–water partition coefficient (Wildman–Crippen LogP) is -3.89. The molecule has 7 amide bonds. The van der Waals surface area contributed by atoms with Gasteiger partial charge >= 0.3 is 22.3 Å². The number of imide groups is 2. The molecule has 0 saturated carbocycles. The average Bonchev–Trinajstić information content (AvgIpc) is 2.94. The van der Waals surface area contributed by atoms with Gasteiger partial charge in [-0.2, -0.15) is 8.42 Å². The molecule has 1 atom stereocenters. The first kappa shape index (κ1) is 20.7. The van der Waals surface area contributed by atoms with Crippen LogP contribution in [-0.4, -0.2) is 81.6 Å². The standard InChI is InChI=1S/C13H13N7O9S/c14-5-3-18(11(5)25)12(26)17-30(28,29)20-9(23)4-19(13(20)27)16-10(24)6-1-7(21)8(22)2-15-6/h1-2,5,22H,3-4,14H2,(H,15,21)(H,16,24)(H,17,26)/t5-/m0/s1. The zero-order chi connectivity index (χ0) is 22.4. The third-order valence-corrected chi connectivity index (χ3v) is 5.24. The van der Waals surface area contributed by atoms with Crippen LogP contribution in [0.1, 0.15) is 10.5 Å². The number of urea groups is 2. The van der Waals surface area contributed by atoms with Gasteiger partial charge in [0.15, 0.2) is 5.75 Å². The normalized spacial score (nSPS) is 19.0. The summed E-state index contributed by atoms with van der Waals surface area (Å²) in [6.45, 7) is -1.16. The summed E-state index contributed by atoms with van der Waals surface area (Å²) in [5, 5.41) is 9.47. The molecule has 0 radical (unpaired) electrons. The summed E-state index contributed by atoms with van der Waals surface area (Å²) in [6.07, 6.45) is 0.809. The van der Waals surface area contributed by atoms with E-state index in [2.05, 4.69) is 4.98 Å². The molecular weight excluding hydrogens is 430 g/mol. The Bertz CT molecular complexity index is 1140. The van der Waals surface area contributed by atoms with Crippen LogP contribution in [0.15, 0.2) is 17.1 Å². The van der Waals surface area contributed by atoms with Crippen LogP contribution in [0.25, 0.3) is 0 Å². The van der Waals surface area contributed by atoms with Crippen LogP contribution in [0.2, 0.25) is 0 Å². The lowest BCUT2D eigenvalue weighted by atomic mass is 10.1. The Hall–Kier alpha value is -3.99. The number of rotatable bonds is 4. The van der Waals surface area contributed by atoms with Crippen molar-refractivity contribution in [3.63, 3.8) is 0 Å². The molecule has 0 spiro atoms. The van der Waals surface area contributed by atoms with Gasteiger partial charge in [-0.15, -0.1) is 4.31 Å². The van der Waals surface area contributed by atoms with E-state index in [1.807, 2.05) is 5.43 Å². The second-order valence-electron chi connectivity index (χ2n) is 6.03. The summed E-state index contributed by atoms with van der Waals surface area (Å²) in [4.78, 5) is 73.7. The maximum atomic E-state index is 12.3. The zero-order valence-corrected chi connectivity index (χ0v) is 15.5. The minimum absolute atomic E-state index is 0.255. The molecule has 1 aromatic heterocycles. The van der Waals surface area contributed by atoms with E-state index in [1.165, 1.54) is 4.72 Å². The van der Waals surface area contributed by atoms with E-state index in [0.717, 1.165) is 6.20 Å². The molecule has 3 heterocycles. The first-order valence-corrected chi connectivity index (χ1v) is 9.37. The van der Waals surface area contributed by atoms with Gasteiger partial charge in [-0.3, -0.25) is 29.5 Å². The van der Waals surface area contributed by atoms with Crippen molar-refractivity contribution in [1.82, 2.24) is 29.3 Å². The van der Waals surface area contributed by atoms with Gasteiger partial charge in [0.25, 0.3) is 11.8 Å². The van der Waals surface area contributed by atoms with Crippen molar-refractivity contribution < 1.29 is 37.5 Å². The first-order chi connectivity index (χ1) is 13.9. The lowest BCUT2D eigenvalue weighted by molar-refractivity contribution is -0.137. The van der Waals surface area contributed by atoms with E-state index in [-0.39, 0.29) is 10.8 Å². The fourth-order valence-corrected chi connectivity index (χ4v) is 3.48. The van der Waals surface area contributed by atoms with Gasteiger partial charge in [-0.1, -0.05) is 0 Å². The number of aromatic hydroxyl groups is 1. The Morgan fingerprint density at radius 2 is 1.90 bits per heavy atom. The molecule has 160 valence electrons. The lowest BCUT2D eigenvalue weighted by Gasteiger charge is -2.33. The molecule has 2 saturated heterocycles. The van der Waals surface area contributed by atoms with Gasteiger partial charge in [0, 0.05) is 12.3 Å². The van der Waals surface area contributed by atoms with Crippen molar-refractivity contribution in [2.45, 2.75) is 6.04 Å². The third-order valence-electron chi connectivity index (χ3n) is 3.96. The SMILES string of the molecule is N[C@H]1CN(C(=O)NS(=O)(=O)N2C(=O)CN(NC(=O)c3cc(=O)c(O)c[nH]3)C2=O)C1=O.